The number of benzene rings is 1. The second-order valence-electron chi connectivity index (χ2n) is 5.80. The maximum atomic E-state index is 8.96. The molecule has 0 aromatic heterocycles. The Hall–Kier alpha value is -0.900. The normalized spacial score (nSPS) is 13.3. The van der Waals surface area contributed by atoms with Gasteiger partial charge < -0.3 is 15.7 Å². The van der Waals surface area contributed by atoms with E-state index in [1.165, 1.54) is 16.7 Å². The van der Waals surface area contributed by atoms with Crippen molar-refractivity contribution in [2.45, 2.75) is 39.2 Å². The van der Waals surface area contributed by atoms with Gasteiger partial charge in [0, 0.05) is 19.1 Å². The summed E-state index contributed by atoms with van der Waals surface area (Å²) in [6, 6.07) is 6.60. The Bertz CT molecular complexity index is 390. The van der Waals surface area contributed by atoms with E-state index in [9.17, 15) is 0 Å². The van der Waals surface area contributed by atoms with Gasteiger partial charge in [-0.1, -0.05) is 32.0 Å². The molecule has 108 valence electrons. The fourth-order valence-electron chi connectivity index (χ4n) is 2.18. The molecule has 1 aromatic carbocycles. The molecule has 0 saturated heterocycles. The van der Waals surface area contributed by atoms with Crippen molar-refractivity contribution in [3.05, 3.63) is 34.9 Å². The predicted molar refractivity (Wildman–Crippen MR) is 81.5 cm³/mol. The van der Waals surface area contributed by atoms with E-state index in [1.54, 1.807) is 0 Å². The molecule has 0 fully saturated rings. The smallest absolute Gasteiger partial charge is 0.0595 e. The second-order valence-corrected chi connectivity index (χ2v) is 5.80. The van der Waals surface area contributed by atoms with Crippen LogP contribution in [0.5, 0.6) is 0 Å². The third kappa shape index (κ3) is 5.31. The Morgan fingerprint density at radius 2 is 2.00 bits per heavy atom. The molecule has 1 rings (SSSR count). The van der Waals surface area contributed by atoms with Crippen LogP contribution in [0.1, 0.15) is 36.5 Å². The van der Waals surface area contributed by atoms with Gasteiger partial charge in [0.05, 0.1) is 6.61 Å². The molecule has 0 amide bonds. The highest BCUT2D eigenvalue weighted by Gasteiger charge is 2.08. The van der Waals surface area contributed by atoms with Gasteiger partial charge in [-0.2, -0.15) is 0 Å². The molecule has 3 N–H and O–H groups in total. The lowest BCUT2D eigenvalue weighted by Crippen LogP contribution is -2.38. The molecule has 0 heterocycles. The third-order valence-electron chi connectivity index (χ3n) is 3.58. The van der Waals surface area contributed by atoms with E-state index < -0.39 is 0 Å². The summed E-state index contributed by atoms with van der Waals surface area (Å²) in [5, 5.41) is 8.96. The van der Waals surface area contributed by atoms with Crippen molar-refractivity contribution in [2.75, 3.05) is 26.7 Å². The van der Waals surface area contributed by atoms with Crippen molar-refractivity contribution in [3.8, 4) is 0 Å². The third-order valence-corrected chi connectivity index (χ3v) is 3.58. The average Bonchev–Trinajstić information content (AvgIpc) is 2.37. The predicted octanol–water partition coefficient (Wildman–Crippen LogP) is 1.91. The first-order chi connectivity index (χ1) is 8.93. The van der Waals surface area contributed by atoms with E-state index >= 15 is 0 Å². The quantitative estimate of drug-likeness (QED) is 0.791. The lowest BCUT2D eigenvalue weighted by atomic mass is 9.96. The van der Waals surface area contributed by atoms with E-state index in [-0.39, 0.29) is 12.6 Å². The average molecular weight is 264 g/mol. The molecule has 0 saturated carbocycles. The Kier molecular flexibility index (Phi) is 6.49. The number of nitrogens with two attached hydrogens (primary N) is 1. The van der Waals surface area contributed by atoms with Crippen LogP contribution < -0.4 is 5.73 Å². The van der Waals surface area contributed by atoms with E-state index in [4.69, 9.17) is 10.8 Å². The summed E-state index contributed by atoms with van der Waals surface area (Å²) in [6.45, 7) is 8.36. The molecular formula is C16H28N2O. The summed E-state index contributed by atoms with van der Waals surface area (Å²) in [4.78, 5) is 2.18. The fourth-order valence-corrected chi connectivity index (χ4v) is 2.18. The van der Waals surface area contributed by atoms with Gasteiger partial charge in [-0.15, -0.1) is 0 Å². The molecule has 1 unspecified atom stereocenters. The second kappa shape index (κ2) is 7.63. The van der Waals surface area contributed by atoms with Gasteiger partial charge in [0.15, 0.2) is 0 Å². The summed E-state index contributed by atoms with van der Waals surface area (Å²) >= 11 is 0. The van der Waals surface area contributed by atoms with Crippen LogP contribution in [0.4, 0.5) is 0 Å². The molecule has 3 nitrogen and oxygen atoms in total. The van der Waals surface area contributed by atoms with Gasteiger partial charge >= 0.3 is 0 Å². The Morgan fingerprint density at radius 1 is 1.32 bits per heavy atom. The number of rotatable bonds is 7. The molecule has 1 atom stereocenters. The summed E-state index contributed by atoms with van der Waals surface area (Å²) in [6.07, 6.45) is 1.03. The minimum absolute atomic E-state index is 0.0478. The fraction of sp³-hybridized carbons (Fsp3) is 0.625. The van der Waals surface area contributed by atoms with Gasteiger partial charge in [0.1, 0.15) is 0 Å². The zero-order chi connectivity index (χ0) is 14.4. The van der Waals surface area contributed by atoms with E-state index in [1.807, 2.05) is 0 Å². The maximum Gasteiger partial charge on any atom is 0.0595 e. The number of nitrogens with zero attached hydrogens (tertiary/aromatic N) is 1. The van der Waals surface area contributed by atoms with E-state index in [0.29, 0.717) is 5.92 Å². The van der Waals surface area contributed by atoms with Crippen molar-refractivity contribution in [1.29, 1.82) is 0 Å². The molecule has 0 aliphatic rings. The molecule has 19 heavy (non-hydrogen) atoms. The summed E-state index contributed by atoms with van der Waals surface area (Å²) in [7, 11) is 2.05. The number of likely N-dealkylation sites (N-methyl/N-ethyl adjacent to an activating group) is 1. The molecule has 1 aromatic rings. The summed E-state index contributed by atoms with van der Waals surface area (Å²) < 4.78 is 0. The Labute approximate surface area is 117 Å². The Balaban J connectivity index is 2.59. The van der Waals surface area contributed by atoms with Crippen LogP contribution in [0.25, 0.3) is 0 Å². The lowest BCUT2D eigenvalue weighted by Gasteiger charge is -2.20. The minimum atomic E-state index is -0.145. The molecular weight excluding hydrogens is 236 g/mol. The SMILES string of the molecule is Cc1ccc(C(C)C)cc1CCN(C)CC(N)CO. The van der Waals surface area contributed by atoms with Crippen molar-refractivity contribution < 1.29 is 5.11 Å². The van der Waals surface area contributed by atoms with Crippen LogP contribution >= 0.6 is 0 Å². The van der Waals surface area contributed by atoms with Gasteiger partial charge in [0.25, 0.3) is 0 Å². The van der Waals surface area contributed by atoms with Crippen molar-refractivity contribution >= 4 is 0 Å². The van der Waals surface area contributed by atoms with Gasteiger partial charge in [0.2, 0.25) is 0 Å². The van der Waals surface area contributed by atoms with E-state index in [0.717, 1.165) is 19.5 Å². The topological polar surface area (TPSA) is 49.5 Å². The maximum absolute atomic E-state index is 8.96. The van der Waals surface area contributed by atoms with Crippen LogP contribution in [0.15, 0.2) is 18.2 Å². The molecule has 0 aliphatic carbocycles. The Morgan fingerprint density at radius 3 is 2.58 bits per heavy atom. The van der Waals surface area contributed by atoms with Crippen LogP contribution in [0, 0.1) is 6.92 Å². The highest BCUT2D eigenvalue weighted by atomic mass is 16.3. The molecule has 0 bridgehead atoms. The van der Waals surface area contributed by atoms with Crippen LogP contribution in [0.2, 0.25) is 0 Å². The van der Waals surface area contributed by atoms with Crippen LogP contribution in [-0.4, -0.2) is 42.8 Å². The van der Waals surface area contributed by atoms with Crippen molar-refractivity contribution in [1.82, 2.24) is 4.90 Å². The van der Waals surface area contributed by atoms with E-state index in [2.05, 4.69) is 50.9 Å². The van der Waals surface area contributed by atoms with Gasteiger partial charge in [-0.25, -0.2) is 0 Å². The van der Waals surface area contributed by atoms with Crippen LogP contribution in [0.3, 0.4) is 0 Å². The standard InChI is InChI=1S/C16H28N2O/c1-12(2)14-6-5-13(3)15(9-14)7-8-18(4)10-16(17)11-19/h5-6,9,12,16,19H,7-8,10-11,17H2,1-4H3. The first kappa shape index (κ1) is 16.2. The number of hydrogen-bond donors (Lipinski definition) is 2. The molecule has 0 radical (unpaired) electrons. The monoisotopic (exact) mass is 264 g/mol. The largest absolute Gasteiger partial charge is 0.395 e. The highest BCUT2D eigenvalue weighted by Crippen LogP contribution is 2.19. The number of hydrogen-bond acceptors (Lipinski definition) is 3. The van der Waals surface area contributed by atoms with Gasteiger partial charge in [-0.3, -0.25) is 0 Å². The first-order valence-corrected chi connectivity index (χ1v) is 7.08. The summed E-state index contributed by atoms with van der Waals surface area (Å²) in [5.41, 5.74) is 9.91. The molecule has 0 aliphatic heterocycles. The van der Waals surface area contributed by atoms with Gasteiger partial charge in [-0.05, 0) is 43.0 Å². The van der Waals surface area contributed by atoms with Crippen molar-refractivity contribution in [2.24, 2.45) is 5.73 Å². The lowest BCUT2D eigenvalue weighted by molar-refractivity contribution is 0.222. The minimum Gasteiger partial charge on any atom is -0.395 e. The zero-order valence-electron chi connectivity index (χ0n) is 12.7. The zero-order valence-corrected chi connectivity index (χ0v) is 12.7. The molecule has 3 heteroatoms. The van der Waals surface area contributed by atoms with Crippen LogP contribution in [-0.2, 0) is 6.42 Å². The number of aliphatic hydroxyl groups excluding tert-OH is 1. The highest BCUT2D eigenvalue weighted by molar-refractivity contribution is 5.32. The molecule has 0 spiro atoms. The first-order valence-electron chi connectivity index (χ1n) is 7.08. The number of aryl methyl sites for hydroxylation is 1. The van der Waals surface area contributed by atoms with Crippen molar-refractivity contribution in [3.63, 3.8) is 0 Å². The number of aliphatic hydroxyl groups is 1. The summed E-state index contributed by atoms with van der Waals surface area (Å²) in [5.74, 6) is 0.569.